The number of rotatable bonds is 7. The lowest BCUT2D eigenvalue weighted by Crippen LogP contribution is -2.35. The molecule has 2 aromatic rings. The summed E-state index contributed by atoms with van der Waals surface area (Å²) in [5, 5.41) is 5.15. The lowest BCUT2D eigenvalue weighted by Gasteiger charge is -2.14. The van der Waals surface area contributed by atoms with Gasteiger partial charge in [0.15, 0.2) is 9.84 Å². The van der Waals surface area contributed by atoms with Crippen LogP contribution in [0, 0.1) is 6.92 Å². The average molecular weight is 374 g/mol. The Bertz CT molecular complexity index is 862. The van der Waals surface area contributed by atoms with Gasteiger partial charge in [0.1, 0.15) is 11.5 Å². The van der Waals surface area contributed by atoms with Crippen LogP contribution in [0.4, 0.5) is 5.69 Å². The van der Waals surface area contributed by atoms with Gasteiger partial charge in [-0.1, -0.05) is 48.0 Å². The fourth-order valence-corrected chi connectivity index (χ4v) is 3.45. The Morgan fingerprint density at radius 2 is 1.50 bits per heavy atom. The molecule has 138 valence electrons. The van der Waals surface area contributed by atoms with Gasteiger partial charge in [-0.05, 0) is 31.5 Å². The fourth-order valence-electron chi connectivity index (χ4n) is 2.39. The van der Waals surface area contributed by atoms with Crippen LogP contribution in [-0.4, -0.2) is 31.7 Å². The van der Waals surface area contributed by atoms with E-state index in [2.05, 4.69) is 10.6 Å². The highest BCUT2D eigenvalue weighted by molar-refractivity contribution is 7.92. The van der Waals surface area contributed by atoms with Gasteiger partial charge in [-0.2, -0.15) is 0 Å². The van der Waals surface area contributed by atoms with Crippen molar-refractivity contribution in [1.82, 2.24) is 5.32 Å². The highest BCUT2D eigenvalue weighted by Gasteiger charge is 2.22. The number of benzene rings is 2. The van der Waals surface area contributed by atoms with Crippen LogP contribution in [0.2, 0.25) is 0 Å². The number of anilines is 1. The van der Waals surface area contributed by atoms with E-state index < -0.39 is 33.2 Å². The molecule has 0 saturated carbocycles. The van der Waals surface area contributed by atoms with Crippen LogP contribution in [-0.2, 0) is 19.4 Å². The first kappa shape index (κ1) is 19.7. The highest BCUT2D eigenvalue weighted by Crippen LogP contribution is 2.11. The molecule has 0 fully saturated rings. The first-order chi connectivity index (χ1) is 12.2. The third kappa shape index (κ3) is 6.33. The molecule has 0 aliphatic carbocycles. The second kappa shape index (κ2) is 8.62. The number of sulfone groups is 1. The van der Waals surface area contributed by atoms with E-state index >= 15 is 0 Å². The zero-order valence-corrected chi connectivity index (χ0v) is 15.5. The second-order valence-electron chi connectivity index (χ2n) is 6.15. The lowest BCUT2D eigenvalue weighted by molar-refractivity contribution is -0.119. The van der Waals surface area contributed by atoms with E-state index in [9.17, 15) is 18.0 Å². The van der Waals surface area contributed by atoms with Crippen LogP contribution in [0.3, 0.4) is 0 Å². The van der Waals surface area contributed by atoms with Gasteiger partial charge in [-0.15, -0.1) is 0 Å². The van der Waals surface area contributed by atoms with Gasteiger partial charge in [0.25, 0.3) is 0 Å². The molecule has 7 heteroatoms. The third-order valence-corrected chi connectivity index (χ3v) is 5.12. The normalized spacial score (nSPS) is 12.2. The first-order valence-electron chi connectivity index (χ1n) is 8.16. The van der Waals surface area contributed by atoms with Crippen LogP contribution < -0.4 is 10.6 Å². The number of hydrogen-bond acceptors (Lipinski definition) is 4. The van der Waals surface area contributed by atoms with Crippen molar-refractivity contribution >= 4 is 27.3 Å². The Labute approximate surface area is 153 Å². The minimum absolute atomic E-state index is 0.319. The summed E-state index contributed by atoms with van der Waals surface area (Å²) in [6, 6.07) is 15.9. The Hall–Kier alpha value is -2.67. The molecular weight excluding hydrogens is 352 g/mol. The molecule has 26 heavy (non-hydrogen) atoms. The van der Waals surface area contributed by atoms with E-state index in [1.54, 1.807) is 19.1 Å². The molecule has 6 nitrogen and oxygen atoms in total. The van der Waals surface area contributed by atoms with Gasteiger partial charge in [-0.3, -0.25) is 9.59 Å². The number of hydrogen-bond donors (Lipinski definition) is 2. The molecule has 0 aliphatic rings. The van der Waals surface area contributed by atoms with E-state index in [1.807, 2.05) is 49.4 Å². The van der Waals surface area contributed by atoms with E-state index in [4.69, 9.17) is 0 Å². The molecular formula is C19H22N2O4S. The second-order valence-corrected chi connectivity index (χ2v) is 8.21. The predicted molar refractivity (Wildman–Crippen MR) is 101 cm³/mol. The Balaban J connectivity index is 1.87. The topological polar surface area (TPSA) is 92.3 Å². The van der Waals surface area contributed by atoms with Crippen molar-refractivity contribution < 1.29 is 18.0 Å². The standard InChI is InChI=1S/C19H22N2O4S/c1-14-8-10-17(11-9-14)21-19(23)13-26(24,25)12-18(22)20-15(2)16-6-4-3-5-7-16/h3-11,15H,12-13H2,1-2H3,(H,20,22)(H,21,23). The van der Waals surface area contributed by atoms with Gasteiger partial charge in [0.2, 0.25) is 11.8 Å². The van der Waals surface area contributed by atoms with Crippen molar-refractivity contribution in [2.75, 3.05) is 16.8 Å². The minimum atomic E-state index is -3.86. The average Bonchev–Trinajstić information content (AvgIpc) is 2.56. The SMILES string of the molecule is Cc1ccc(NC(=O)CS(=O)(=O)CC(=O)NC(C)c2ccccc2)cc1. The summed E-state index contributed by atoms with van der Waals surface area (Å²) in [6.45, 7) is 3.68. The summed E-state index contributed by atoms with van der Waals surface area (Å²) in [6.07, 6.45) is 0. The maximum Gasteiger partial charge on any atom is 0.239 e. The van der Waals surface area contributed by atoms with Gasteiger partial charge >= 0.3 is 0 Å². The number of carbonyl (C=O) groups is 2. The van der Waals surface area contributed by atoms with Crippen LogP contribution >= 0.6 is 0 Å². The predicted octanol–water partition coefficient (Wildman–Crippen LogP) is 2.23. The zero-order chi connectivity index (χ0) is 19.2. The van der Waals surface area contributed by atoms with Gasteiger partial charge < -0.3 is 10.6 Å². The van der Waals surface area contributed by atoms with Crippen molar-refractivity contribution in [2.45, 2.75) is 19.9 Å². The molecule has 0 saturated heterocycles. The van der Waals surface area contributed by atoms with Crippen molar-refractivity contribution in [1.29, 1.82) is 0 Å². The van der Waals surface area contributed by atoms with E-state index in [0.29, 0.717) is 5.69 Å². The highest BCUT2D eigenvalue weighted by atomic mass is 32.2. The summed E-state index contributed by atoms with van der Waals surface area (Å²) in [5.74, 6) is -2.78. The number of nitrogens with one attached hydrogen (secondary N) is 2. The molecule has 2 rings (SSSR count). The maximum absolute atomic E-state index is 12.1. The maximum atomic E-state index is 12.1. The summed E-state index contributed by atoms with van der Waals surface area (Å²) in [4.78, 5) is 23.9. The first-order valence-corrected chi connectivity index (χ1v) is 9.98. The smallest absolute Gasteiger partial charge is 0.239 e. The van der Waals surface area contributed by atoms with Crippen LogP contribution in [0.15, 0.2) is 54.6 Å². The number of amides is 2. The number of carbonyl (C=O) groups excluding carboxylic acids is 2. The molecule has 0 aromatic heterocycles. The molecule has 2 N–H and O–H groups in total. The number of aryl methyl sites for hydroxylation is 1. The Kier molecular flexibility index (Phi) is 6.52. The molecule has 0 aliphatic heterocycles. The quantitative estimate of drug-likeness (QED) is 0.777. The van der Waals surface area contributed by atoms with Crippen molar-refractivity contribution in [3.63, 3.8) is 0 Å². The largest absolute Gasteiger partial charge is 0.349 e. The van der Waals surface area contributed by atoms with E-state index in [-0.39, 0.29) is 6.04 Å². The summed E-state index contributed by atoms with van der Waals surface area (Å²) in [7, 11) is -3.86. The summed E-state index contributed by atoms with van der Waals surface area (Å²) >= 11 is 0. The van der Waals surface area contributed by atoms with E-state index in [1.165, 1.54) is 0 Å². The van der Waals surface area contributed by atoms with Crippen LogP contribution in [0.1, 0.15) is 24.1 Å². The molecule has 0 bridgehead atoms. The van der Waals surface area contributed by atoms with Crippen molar-refractivity contribution in [3.05, 3.63) is 65.7 Å². The summed E-state index contributed by atoms with van der Waals surface area (Å²) in [5.41, 5.74) is 2.41. The minimum Gasteiger partial charge on any atom is -0.349 e. The molecule has 1 unspecified atom stereocenters. The molecule has 0 heterocycles. The van der Waals surface area contributed by atoms with Gasteiger partial charge in [-0.25, -0.2) is 8.42 Å². The lowest BCUT2D eigenvalue weighted by atomic mass is 10.1. The van der Waals surface area contributed by atoms with Crippen molar-refractivity contribution in [2.24, 2.45) is 0 Å². The summed E-state index contributed by atoms with van der Waals surface area (Å²) < 4.78 is 24.2. The van der Waals surface area contributed by atoms with Crippen LogP contribution in [0.5, 0.6) is 0 Å². The molecule has 0 radical (unpaired) electrons. The zero-order valence-electron chi connectivity index (χ0n) is 14.7. The van der Waals surface area contributed by atoms with Crippen molar-refractivity contribution in [3.8, 4) is 0 Å². The monoisotopic (exact) mass is 374 g/mol. The fraction of sp³-hybridized carbons (Fsp3) is 0.263. The molecule has 2 amide bonds. The van der Waals surface area contributed by atoms with Crippen LogP contribution in [0.25, 0.3) is 0 Å². The van der Waals surface area contributed by atoms with E-state index in [0.717, 1.165) is 11.1 Å². The Morgan fingerprint density at radius 3 is 2.12 bits per heavy atom. The van der Waals surface area contributed by atoms with Gasteiger partial charge in [0.05, 0.1) is 6.04 Å². The molecule has 2 aromatic carbocycles. The molecule has 0 spiro atoms. The van der Waals surface area contributed by atoms with Gasteiger partial charge in [0, 0.05) is 5.69 Å². The third-order valence-electron chi connectivity index (χ3n) is 3.71. The Morgan fingerprint density at radius 1 is 0.923 bits per heavy atom. The molecule has 1 atom stereocenters.